The number of benzene rings is 2. The first-order valence-corrected chi connectivity index (χ1v) is 10.1. The molecule has 8 nitrogen and oxygen atoms in total. The highest BCUT2D eigenvalue weighted by Gasteiger charge is 2.25. The van der Waals surface area contributed by atoms with E-state index >= 15 is 0 Å². The molecule has 2 aromatic heterocycles. The fourth-order valence-corrected chi connectivity index (χ4v) is 4.48. The van der Waals surface area contributed by atoms with Crippen molar-refractivity contribution in [3.63, 3.8) is 0 Å². The van der Waals surface area contributed by atoms with Gasteiger partial charge in [-0.25, -0.2) is 32.7 Å². The minimum absolute atomic E-state index is 0. The number of nitrogens with two attached hydrogens (primary N) is 2. The summed E-state index contributed by atoms with van der Waals surface area (Å²) in [6.07, 6.45) is 5.15. The molecule has 0 spiro atoms. The maximum absolute atomic E-state index is 14.9. The van der Waals surface area contributed by atoms with Gasteiger partial charge < -0.3 is 11.5 Å². The molecule has 31 heavy (non-hydrogen) atoms. The molecule has 0 fully saturated rings. The van der Waals surface area contributed by atoms with E-state index in [1.54, 1.807) is 24.3 Å². The number of rotatable bonds is 4. The molecule has 4 rings (SSSR count). The molecule has 0 aliphatic carbocycles. The monoisotopic (exact) mass is 458 g/mol. The molecule has 0 aliphatic rings. The molecule has 0 unspecified atom stereocenters. The highest BCUT2D eigenvalue weighted by molar-refractivity contribution is 7.91. The topological polar surface area (TPSA) is 138 Å². The predicted octanol–water partition coefficient (Wildman–Crippen LogP) is 3.16. The van der Waals surface area contributed by atoms with Crippen molar-refractivity contribution in [1.29, 1.82) is 0 Å². The molecule has 4 N–H and O–H groups in total. The fourth-order valence-electron chi connectivity index (χ4n) is 2.99. The van der Waals surface area contributed by atoms with Gasteiger partial charge in [-0.05, 0) is 17.7 Å². The predicted molar refractivity (Wildman–Crippen MR) is 116 cm³/mol. The number of nitrogen functional groups attached to an aromatic ring is 2. The number of halogens is 2. The Bertz CT molecular complexity index is 1350. The minimum atomic E-state index is -4.06. The average molecular weight is 459 g/mol. The van der Waals surface area contributed by atoms with E-state index in [0.717, 1.165) is 6.33 Å². The summed E-state index contributed by atoms with van der Waals surface area (Å²) in [4.78, 5) is 15.2. The summed E-state index contributed by atoms with van der Waals surface area (Å²) in [5.74, 6) is -0.478. The molecule has 2 aromatic carbocycles. The third-order valence-electron chi connectivity index (χ3n) is 4.40. The molecule has 158 valence electrons. The second-order valence-corrected chi connectivity index (χ2v) is 8.14. The van der Waals surface area contributed by atoms with Crippen molar-refractivity contribution in [3.05, 3.63) is 73.2 Å². The van der Waals surface area contributed by atoms with Crippen LogP contribution < -0.4 is 11.5 Å². The van der Waals surface area contributed by atoms with Crippen molar-refractivity contribution in [3.8, 4) is 22.3 Å². The standard InChI is InChI=1S/C20H15FN6O2S.ClH/c21-16-7-12(5-6-14(16)13-8-25-20(23)26-9-13)15-3-1-2-4-18(15)30(28,29)19-17(22)10-24-11-27-19;/h1-11H,22H2,(H2,23,25,26);1H. The van der Waals surface area contributed by atoms with Gasteiger partial charge in [-0.3, -0.25) is 0 Å². The minimum Gasteiger partial charge on any atom is -0.395 e. The zero-order valence-corrected chi connectivity index (χ0v) is 17.4. The Morgan fingerprint density at radius 1 is 0.839 bits per heavy atom. The lowest BCUT2D eigenvalue weighted by Crippen LogP contribution is -2.09. The van der Waals surface area contributed by atoms with Crippen LogP contribution >= 0.6 is 12.4 Å². The Morgan fingerprint density at radius 2 is 1.55 bits per heavy atom. The average Bonchev–Trinajstić information content (AvgIpc) is 2.75. The molecular formula is C20H16ClFN6O2S. The normalized spacial score (nSPS) is 11.0. The Labute approximate surface area is 183 Å². The van der Waals surface area contributed by atoms with Crippen LogP contribution in [0.25, 0.3) is 22.3 Å². The third-order valence-corrected chi connectivity index (χ3v) is 6.18. The maximum atomic E-state index is 14.9. The van der Waals surface area contributed by atoms with Crippen molar-refractivity contribution < 1.29 is 12.8 Å². The van der Waals surface area contributed by atoms with Crippen LogP contribution in [0.3, 0.4) is 0 Å². The molecule has 0 aliphatic heterocycles. The van der Waals surface area contributed by atoms with Crippen molar-refractivity contribution in [1.82, 2.24) is 19.9 Å². The summed E-state index contributed by atoms with van der Waals surface area (Å²) in [5, 5.41) is -0.305. The largest absolute Gasteiger partial charge is 0.395 e. The first-order chi connectivity index (χ1) is 14.4. The van der Waals surface area contributed by atoms with Crippen molar-refractivity contribution in [2.45, 2.75) is 9.92 Å². The summed E-state index contributed by atoms with van der Waals surface area (Å²) in [6, 6.07) is 10.6. The smallest absolute Gasteiger partial charge is 0.226 e. The van der Waals surface area contributed by atoms with Gasteiger partial charge in [0.05, 0.1) is 16.8 Å². The van der Waals surface area contributed by atoms with E-state index in [1.165, 1.54) is 36.8 Å². The van der Waals surface area contributed by atoms with Crippen LogP contribution in [0, 0.1) is 5.82 Å². The summed E-state index contributed by atoms with van der Waals surface area (Å²) in [7, 11) is -4.06. The first kappa shape index (κ1) is 22.1. The lowest BCUT2D eigenvalue weighted by atomic mass is 10.0. The lowest BCUT2D eigenvalue weighted by Gasteiger charge is -2.12. The number of hydrogen-bond donors (Lipinski definition) is 2. The molecule has 2 heterocycles. The number of anilines is 2. The molecule has 0 atom stereocenters. The number of nitrogens with zero attached hydrogens (tertiary/aromatic N) is 4. The van der Waals surface area contributed by atoms with E-state index in [-0.39, 0.29) is 39.5 Å². The van der Waals surface area contributed by atoms with Gasteiger partial charge in [0.1, 0.15) is 12.1 Å². The van der Waals surface area contributed by atoms with Crippen molar-refractivity contribution in [2.75, 3.05) is 11.5 Å². The van der Waals surface area contributed by atoms with E-state index in [0.29, 0.717) is 16.7 Å². The fraction of sp³-hybridized carbons (Fsp3) is 0. The van der Waals surface area contributed by atoms with Gasteiger partial charge in [-0.1, -0.05) is 30.3 Å². The highest BCUT2D eigenvalue weighted by atomic mass is 35.5. The van der Waals surface area contributed by atoms with Crippen LogP contribution in [0.4, 0.5) is 16.0 Å². The molecule has 4 aromatic rings. The van der Waals surface area contributed by atoms with Crippen molar-refractivity contribution in [2.24, 2.45) is 0 Å². The summed E-state index contributed by atoms with van der Waals surface area (Å²) in [6.45, 7) is 0. The first-order valence-electron chi connectivity index (χ1n) is 8.65. The molecule has 11 heteroatoms. The molecule has 0 radical (unpaired) electrons. The van der Waals surface area contributed by atoms with E-state index in [1.807, 2.05) is 0 Å². The van der Waals surface area contributed by atoms with Gasteiger partial charge in [0.15, 0.2) is 5.03 Å². The molecular weight excluding hydrogens is 443 g/mol. The van der Waals surface area contributed by atoms with Crippen LogP contribution in [-0.4, -0.2) is 28.4 Å². The van der Waals surface area contributed by atoms with Crippen LogP contribution in [-0.2, 0) is 9.84 Å². The Morgan fingerprint density at radius 3 is 2.23 bits per heavy atom. The second kappa shape index (κ2) is 8.62. The van der Waals surface area contributed by atoms with Gasteiger partial charge in [0.25, 0.3) is 0 Å². The van der Waals surface area contributed by atoms with Crippen molar-refractivity contribution >= 4 is 33.9 Å². The van der Waals surface area contributed by atoms with Gasteiger partial charge in [-0.2, -0.15) is 0 Å². The number of aromatic nitrogens is 4. The van der Waals surface area contributed by atoms with Gasteiger partial charge in [-0.15, -0.1) is 12.4 Å². The second-order valence-electron chi connectivity index (χ2n) is 6.31. The van der Waals surface area contributed by atoms with Gasteiger partial charge >= 0.3 is 0 Å². The van der Waals surface area contributed by atoms with E-state index < -0.39 is 15.7 Å². The van der Waals surface area contributed by atoms with Crippen LogP contribution in [0.15, 0.2) is 77.3 Å². The Hall–Kier alpha value is -3.63. The molecule has 0 bridgehead atoms. The van der Waals surface area contributed by atoms with E-state index in [4.69, 9.17) is 11.5 Å². The van der Waals surface area contributed by atoms with Crippen LogP contribution in [0.5, 0.6) is 0 Å². The van der Waals surface area contributed by atoms with E-state index in [9.17, 15) is 12.8 Å². The summed E-state index contributed by atoms with van der Waals surface area (Å²) >= 11 is 0. The maximum Gasteiger partial charge on any atom is 0.226 e. The Kier molecular flexibility index (Phi) is 6.14. The summed E-state index contributed by atoms with van der Waals surface area (Å²) in [5.41, 5.74) is 12.6. The van der Waals surface area contributed by atoms with Gasteiger partial charge in [0.2, 0.25) is 15.8 Å². The molecule has 0 saturated carbocycles. The SMILES string of the molecule is Cl.Nc1ncc(-c2ccc(-c3ccccc3S(=O)(=O)c3ncncc3N)cc2F)cn1. The molecule has 0 saturated heterocycles. The number of sulfone groups is 1. The van der Waals surface area contributed by atoms with Crippen LogP contribution in [0.1, 0.15) is 0 Å². The summed E-state index contributed by atoms with van der Waals surface area (Å²) < 4.78 is 41.2. The molecule has 0 amide bonds. The zero-order valence-electron chi connectivity index (χ0n) is 15.8. The van der Waals surface area contributed by atoms with E-state index in [2.05, 4.69) is 19.9 Å². The van der Waals surface area contributed by atoms with Crippen LogP contribution in [0.2, 0.25) is 0 Å². The van der Waals surface area contributed by atoms with Gasteiger partial charge in [0, 0.05) is 29.1 Å². The third kappa shape index (κ3) is 4.16. The highest BCUT2D eigenvalue weighted by Crippen LogP contribution is 2.34. The zero-order chi connectivity index (χ0) is 21.3. The number of hydrogen-bond acceptors (Lipinski definition) is 8. The lowest BCUT2D eigenvalue weighted by molar-refractivity contribution is 0.592. The quantitative estimate of drug-likeness (QED) is 0.445. The Balaban J connectivity index is 0.00000272.